The van der Waals surface area contributed by atoms with Gasteiger partial charge in [0, 0.05) is 0 Å². The Hall–Kier alpha value is -4.59. The van der Waals surface area contributed by atoms with Crippen molar-refractivity contribution < 1.29 is 125 Å². The number of carbonyl (C=O) groups excluding carboxylic acids is 9. The van der Waals surface area contributed by atoms with Crippen molar-refractivity contribution in [1.29, 1.82) is 0 Å². The Kier molecular flexibility index (Phi) is 44.6. The number of cyclic esters (lactones) is 8. The second kappa shape index (κ2) is 49.6. The summed E-state index contributed by atoms with van der Waals surface area (Å²) in [5.74, 6) is -9.32. The van der Waals surface area contributed by atoms with E-state index in [1.54, 1.807) is 0 Å². The molecule has 2 N–H and O–H groups in total. The minimum Gasteiger partial charge on any atom is -0.481 e. The van der Waals surface area contributed by atoms with Crippen molar-refractivity contribution >= 4 is 113 Å². The van der Waals surface area contributed by atoms with Crippen molar-refractivity contribution in [3.8, 4) is 0 Å². The van der Waals surface area contributed by atoms with Crippen LogP contribution >= 0.6 is 47.0 Å². The minimum atomic E-state index is -1.15. The van der Waals surface area contributed by atoms with Gasteiger partial charge in [-0.2, -0.15) is 0 Å². The summed E-state index contributed by atoms with van der Waals surface area (Å²) in [5.41, 5.74) is 0. The number of carboxylic acids is 2. The summed E-state index contributed by atoms with van der Waals surface area (Å²) < 4.78 is 69.6. The number of hydrogen-bond acceptors (Lipinski definition) is 28. The molecule has 0 aromatic rings. The van der Waals surface area contributed by atoms with E-state index >= 15 is 0 Å². The maximum Gasteiger partial charge on any atom is 0.319 e. The fraction of sp³-hybridized carbons (Fsp3) is 0.792. The van der Waals surface area contributed by atoms with Crippen molar-refractivity contribution in [2.24, 2.45) is 0 Å². The maximum absolute atomic E-state index is 13.2. The van der Waals surface area contributed by atoms with Crippen molar-refractivity contribution in [3.05, 3.63) is 0 Å². The topological polar surface area (TPSA) is 348 Å². The summed E-state index contributed by atoms with van der Waals surface area (Å²) in [6.45, 7) is 0.301. The lowest BCUT2D eigenvalue weighted by molar-refractivity contribution is -0.151. The van der Waals surface area contributed by atoms with Gasteiger partial charge in [0.15, 0.2) is 0 Å². The van der Waals surface area contributed by atoms with Crippen LogP contribution in [0.5, 0.6) is 0 Å². The van der Waals surface area contributed by atoms with Gasteiger partial charge in [0.1, 0.15) is 47.4 Å². The Morgan fingerprint density at radius 3 is 0.916 bits per heavy atom. The first-order valence-electron chi connectivity index (χ1n) is 27.8. The molecule has 2 aliphatic heterocycles. The van der Waals surface area contributed by atoms with Gasteiger partial charge >= 0.3 is 65.7 Å². The standard InChI is InChI=1S/C53H82O26S4/c54-43(55)36-81-40-33-46(59)73-28-24-68-20-19-67-23-27-72-45(58)32-39(50(63)76-14-9-5-1-2-6-10-15-77-51(40)64)80-31-13-18-71-49(62)38-83-42-35-48(61)75-30-26-70-22-21-69-25-29-74-47(60)34-41(82-37-44(56)57)52(65)78-16-11-7-3-4-8-12-17-79-53(42)66/h39-42H,1-38H2,(H,54,55)(H,56,57). The smallest absolute Gasteiger partial charge is 0.319 e. The summed E-state index contributed by atoms with van der Waals surface area (Å²) in [7, 11) is 0. The van der Waals surface area contributed by atoms with Gasteiger partial charge in [-0.15, -0.1) is 47.0 Å². The molecular weight excluding hydrogens is 1180 g/mol. The number of aliphatic carboxylic acids is 2. The van der Waals surface area contributed by atoms with Crippen molar-refractivity contribution in [2.75, 3.05) is 135 Å². The number of carbonyl (C=O) groups is 11. The van der Waals surface area contributed by atoms with Crippen LogP contribution in [0.1, 0.15) is 109 Å². The van der Waals surface area contributed by atoms with Crippen LogP contribution in [0.15, 0.2) is 0 Å². The molecule has 2 rings (SSSR count). The normalized spacial score (nSPS) is 23.1. The van der Waals surface area contributed by atoms with E-state index in [1.807, 2.05) is 0 Å². The van der Waals surface area contributed by atoms with Crippen LogP contribution in [0.4, 0.5) is 0 Å². The van der Waals surface area contributed by atoms with Gasteiger partial charge in [0.2, 0.25) is 0 Å². The van der Waals surface area contributed by atoms with E-state index in [-0.39, 0.29) is 150 Å². The Balaban J connectivity index is 1.89. The van der Waals surface area contributed by atoms with E-state index in [1.165, 1.54) is 0 Å². The molecule has 0 aliphatic carbocycles. The molecule has 0 saturated carbocycles. The summed E-state index contributed by atoms with van der Waals surface area (Å²) in [6.07, 6.45) is 7.03. The second-order valence-electron chi connectivity index (χ2n) is 18.2. The van der Waals surface area contributed by atoms with E-state index in [9.17, 15) is 52.7 Å². The molecule has 2 fully saturated rings. The molecule has 0 aromatic carbocycles. The van der Waals surface area contributed by atoms with E-state index in [4.69, 9.17) is 71.8 Å². The Morgan fingerprint density at radius 2 is 0.614 bits per heavy atom. The molecule has 2 aliphatic rings. The predicted molar refractivity (Wildman–Crippen MR) is 301 cm³/mol. The Labute approximate surface area is 500 Å². The third-order valence-electron chi connectivity index (χ3n) is 11.3. The van der Waals surface area contributed by atoms with E-state index in [2.05, 4.69) is 0 Å². The highest BCUT2D eigenvalue weighted by molar-refractivity contribution is 8.01. The highest BCUT2D eigenvalue weighted by atomic mass is 32.2. The largest absolute Gasteiger partial charge is 0.481 e. The fourth-order valence-electron chi connectivity index (χ4n) is 7.09. The number of esters is 9. The quantitative estimate of drug-likeness (QED) is 0.140. The van der Waals surface area contributed by atoms with Gasteiger partial charge in [-0.3, -0.25) is 52.7 Å². The molecule has 0 spiro atoms. The fourth-order valence-corrected chi connectivity index (χ4v) is 10.6. The average Bonchev–Trinajstić information content (AvgIpc) is 3.49. The first-order chi connectivity index (χ1) is 40.1. The lowest BCUT2D eigenvalue weighted by Gasteiger charge is -2.16. The molecule has 4 unspecified atom stereocenters. The monoisotopic (exact) mass is 1260 g/mol. The SMILES string of the molecule is O=C(O)CSC1CC(=O)OCCOCCOCCOC(=O)CC(SCCCOC(=O)CSC2CC(=O)OCCOCCOCCOC(=O)CC(SCC(=O)O)C(=O)OCCCCCCCCOC2=O)C(=O)OCCCCCCCCOC1=O. The molecule has 0 amide bonds. The second-order valence-corrected chi connectivity index (χ2v) is 23.1. The van der Waals surface area contributed by atoms with Crippen LogP contribution in [0, 0.1) is 0 Å². The third kappa shape index (κ3) is 42.0. The molecule has 4 atom stereocenters. The zero-order valence-corrected chi connectivity index (χ0v) is 50.3. The lowest BCUT2D eigenvalue weighted by Crippen LogP contribution is -2.27. The highest BCUT2D eigenvalue weighted by Crippen LogP contribution is 2.23. The van der Waals surface area contributed by atoms with Gasteiger partial charge in [0.05, 0.1) is 129 Å². The van der Waals surface area contributed by atoms with Gasteiger partial charge in [-0.05, 0) is 37.9 Å². The summed E-state index contributed by atoms with van der Waals surface area (Å²) >= 11 is 3.55. The molecule has 2 heterocycles. The van der Waals surface area contributed by atoms with Crippen molar-refractivity contribution in [2.45, 2.75) is 130 Å². The van der Waals surface area contributed by atoms with Crippen LogP contribution in [-0.2, 0) is 114 Å². The molecule has 0 radical (unpaired) electrons. The minimum absolute atomic E-state index is 0.00165. The van der Waals surface area contributed by atoms with Crippen LogP contribution in [0.2, 0.25) is 0 Å². The van der Waals surface area contributed by atoms with E-state index < -0.39 is 105 Å². The van der Waals surface area contributed by atoms with Crippen LogP contribution in [-0.4, -0.2) is 232 Å². The maximum atomic E-state index is 13.2. The molecule has 2 saturated heterocycles. The van der Waals surface area contributed by atoms with Gasteiger partial charge < -0.3 is 71.8 Å². The first-order valence-corrected chi connectivity index (χ1v) is 32.0. The number of hydrogen-bond donors (Lipinski definition) is 2. The predicted octanol–water partition coefficient (Wildman–Crippen LogP) is 4.18. The summed E-state index contributed by atoms with van der Waals surface area (Å²) in [5, 5.41) is 14.0. The van der Waals surface area contributed by atoms with Crippen LogP contribution < -0.4 is 0 Å². The van der Waals surface area contributed by atoms with Crippen molar-refractivity contribution in [3.63, 3.8) is 0 Å². The molecule has 30 heteroatoms. The average molecular weight is 1260 g/mol. The zero-order chi connectivity index (χ0) is 60.6. The Morgan fingerprint density at radius 1 is 0.349 bits per heavy atom. The van der Waals surface area contributed by atoms with E-state index in [0.29, 0.717) is 38.5 Å². The van der Waals surface area contributed by atoms with E-state index in [0.717, 1.165) is 85.6 Å². The lowest BCUT2D eigenvalue weighted by atomic mass is 10.1. The first kappa shape index (κ1) is 74.5. The number of ether oxygens (including phenoxy) is 13. The molecule has 26 nitrogen and oxygen atoms in total. The van der Waals surface area contributed by atoms with Gasteiger partial charge in [-0.25, -0.2) is 0 Å². The molecule has 83 heavy (non-hydrogen) atoms. The van der Waals surface area contributed by atoms with Crippen molar-refractivity contribution in [1.82, 2.24) is 0 Å². The highest BCUT2D eigenvalue weighted by Gasteiger charge is 2.30. The summed E-state index contributed by atoms with van der Waals surface area (Å²) in [4.78, 5) is 137. The zero-order valence-electron chi connectivity index (χ0n) is 47.0. The third-order valence-corrected chi connectivity index (χ3v) is 16.1. The number of carboxylic acid groups (broad SMARTS) is 2. The number of thioether (sulfide) groups is 4. The molecule has 0 aromatic heterocycles. The molecule has 0 bridgehead atoms. The summed E-state index contributed by atoms with van der Waals surface area (Å²) in [6, 6.07) is 0. The Bertz CT molecular complexity index is 1930. The molecule has 474 valence electrons. The number of rotatable bonds is 14. The van der Waals surface area contributed by atoms with Crippen LogP contribution in [0.3, 0.4) is 0 Å². The molecular formula is C53H82O26S4. The van der Waals surface area contributed by atoms with Crippen LogP contribution in [0.25, 0.3) is 0 Å². The van der Waals surface area contributed by atoms with Gasteiger partial charge in [0.25, 0.3) is 0 Å². The van der Waals surface area contributed by atoms with Gasteiger partial charge in [-0.1, -0.05) is 51.4 Å².